The van der Waals surface area contributed by atoms with Crippen LogP contribution in [-0.2, 0) is 29.5 Å². The number of nitrogens with zero attached hydrogens (tertiary/aromatic N) is 3. The molecule has 0 saturated carbocycles. The summed E-state index contributed by atoms with van der Waals surface area (Å²) in [6.07, 6.45) is 5.15. The fourth-order valence-corrected chi connectivity index (χ4v) is 3.89. The van der Waals surface area contributed by atoms with Crippen molar-refractivity contribution in [1.82, 2.24) is 14.3 Å². The molecule has 3 rings (SSSR count). The Balaban J connectivity index is 1.85. The van der Waals surface area contributed by atoms with Crippen molar-refractivity contribution >= 4 is 10.0 Å². The predicted octanol–water partition coefficient (Wildman–Crippen LogP) is 2.13. The summed E-state index contributed by atoms with van der Waals surface area (Å²) in [6.45, 7) is 2.76. The van der Waals surface area contributed by atoms with Crippen LogP contribution in [0.4, 0.5) is 0 Å². The zero-order chi connectivity index (χ0) is 14.9. The molecule has 6 heteroatoms. The van der Waals surface area contributed by atoms with Gasteiger partial charge in [-0.25, -0.2) is 18.4 Å². The van der Waals surface area contributed by atoms with Crippen molar-refractivity contribution < 1.29 is 8.42 Å². The normalized spacial score (nSPS) is 15.1. The molecule has 0 N–H and O–H groups in total. The minimum absolute atomic E-state index is 0.316. The molecule has 0 atom stereocenters. The van der Waals surface area contributed by atoms with Crippen molar-refractivity contribution in [2.75, 3.05) is 0 Å². The average Bonchev–Trinajstić information content (AvgIpc) is 2.93. The van der Waals surface area contributed by atoms with Crippen LogP contribution in [0.5, 0.6) is 0 Å². The molecule has 21 heavy (non-hydrogen) atoms. The molecule has 0 saturated heterocycles. The summed E-state index contributed by atoms with van der Waals surface area (Å²) in [4.78, 5) is 8.42. The second kappa shape index (κ2) is 5.54. The fraction of sp³-hybridized carbons (Fsp3) is 0.333. The molecule has 1 aliphatic heterocycles. The Labute approximate surface area is 124 Å². The van der Waals surface area contributed by atoms with Crippen LogP contribution in [0.25, 0.3) is 0 Å². The second-order valence-electron chi connectivity index (χ2n) is 5.16. The maximum atomic E-state index is 12.6. The molecular formula is C15H17N3O2S. The van der Waals surface area contributed by atoms with E-state index in [0.29, 0.717) is 18.0 Å². The Kier molecular flexibility index (Phi) is 3.73. The quantitative estimate of drug-likeness (QED) is 0.868. The lowest BCUT2D eigenvalue weighted by molar-refractivity contribution is 0.429. The van der Waals surface area contributed by atoms with Crippen LogP contribution < -0.4 is 0 Å². The van der Waals surface area contributed by atoms with E-state index in [0.717, 1.165) is 29.7 Å². The molecule has 1 aliphatic rings. The van der Waals surface area contributed by atoms with E-state index in [9.17, 15) is 8.42 Å². The fourth-order valence-electron chi connectivity index (χ4n) is 2.51. The van der Waals surface area contributed by atoms with Gasteiger partial charge in [-0.05, 0) is 24.1 Å². The van der Waals surface area contributed by atoms with Gasteiger partial charge in [0.05, 0.1) is 17.1 Å². The molecule has 2 aromatic rings. The second-order valence-corrected chi connectivity index (χ2v) is 7.10. The van der Waals surface area contributed by atoms with Gasteiger partial charge in [-0.15, -0.1) is 0 Å². The summed E-state index contributed by atoms with van der Waals surface area (Å²) in [5.41, 5.74) is 2.83. The Morgan fingerprint density at radius 2 is 1.95 bits per heavy atom. The molecule has 0 aliphatic carbocycles. The maximum absolute atomic E-state index is 12.6. The molecule has 0 unspecified atom stereocenters. The van der Waals surface area contributed by atoms with Gasteiger partial charge in [-0.1, -0.05) is 25.5 Å². The molecule has 1 aromatic carbocycles. The number of sulfonamides is 1. The molecule has 0 radical (unpaired) electrons. The Hall–Kier alpha value is -1.79. The van der Waals surface area contributed by atoms with Crippen LogP contribution in [-0.4, -0.2) is 22.7 Å². The molecule has 2 heterocycles. The summed E-state index contributed by atoms with van der Waals surface area (Å²) in [5, 5.41) is 0. The first-order chi connectivity index (χ1) is 10.1. The zero-order valence-corrected chi connectivity index (χ0v) is 12.7. The number of hydrogen-bond acceptors (Lipinski definition) is 4. The lowest BCUT2D eigenvalue weighted by Crippen LogP contribution is -2.25. The third kappa shape index (κ3) is 2.69. The van der Waals surface area contributed by atoms with E-state index in [2.05, 4.69) is 16.9 Å². The van der Waals surface area contributed by atoms with Gasteiger partial charge in [0.25, 0.3) is 0 Å². The molecule has 0 bridgehead atoms. The summed E-state index contributed by atoms with van der Waals surface area (Å²) >= 11 is 0. The molecule has 1 aromatic heterocycles. The van der Waals surface area contributed by atoms with E-state index < -0.39 is 10.0 Å². The van der Waals surface area contributed by atoms with Crippen molar-refractivity contribution in [3.05, 3.63) is 53.6 Å². The molecule has 0 fully saturated rings. The van der Waals surface area contributed by atoms with Crippen LogP contribution in [0, 0.1) is 0 Å². The van der Waals surface area contributed by atoms with E-state index in [1.165, 1.54) is 10.6 Å². The van der Waals surface area contributed by atoms with Crippen molar-refractivity contribution in [3.8, 4) is 0 Å². The largest absolute Gasteiger partial charge is 0.244 e. The van der Waals surface area contributed by atoms with Crippen LogP contribution >= 0.6 is 0 Å². The zero-order valence-electron chi connectivity index (χ0n) is 11.9. The van der Waals surface area contributed by atoms with Crippen LogP contribution in [0.2, 0.25) is 0 Å². The van der Waals surface area contributed by atoms with Gasteiger partial charge < -0.3 is 0 Å². The highest BCUT2D eigenvalue weighted by molar-refractivity contribution is 7.89. The number of benzene rings is 1. The number of hydrogen-bond donors (Lipinski definition) is 0. The number of rotatable bonds is 4. The maximum Gasteiger partial charge on any atom is 0.243 e. The highest BCUT2D eigenvalue weighted by Gasteiger charge is 2.31. The highest BCUT2D eigenvalue weighted by Crippen LogP contribution is 2.26. The topological polar surface area (TPSA) is 63.2 Å². The summed E-state index contributed by atoms with van der Waals surface area (Å²) in [6, 6.07) is 7.16. The minimum atomic E-state index is -3.47. The smallest absolute Gasteiger partial charge is 0.243 e. The Morgan fingerprint density at radius 3 is 2.62 bits per heavy atom. The molecule has 0 amide bonds. The van der Waals surface area contributed by atoms with Gasteiger partial charge in [0.1, 0.15) is 6.33 Å². The van der Waals surface area contributed by atoms with E-state index in [1.54, 1.807) is 18.3 Å². The van der Waals surface area contributed by atoms with Gasteiger partial charge >= 0.3 is 0 Å². The number of aryl methyl sites for hydroxylation is 1. The predicted molar refractivity (Wildman–Crippen MR) is 78.9 cm³/mol. The SMILES string of the molecule is CCCc1ccc(S(=O)(=O)N2Cc3cncnc3C2)cc1. The lowest BCUT2D eigenvalue weighted by Gasteiger charge is -2.15. The summed E-state index contributed by atoms with van der Waals surface area (Å²) < 4.78 is 26.7. The first-order valence-electron chi connectivity index (χ1n) is 6.98. The van der Waals surface area contributed by atoms with Gasteiger partial charge in [0.15, 0.2) is 0 Å². The average molecular weight is 303 g/mol. The first-order valence-corrected chi connectivity index (χ1v) is 8.42. The van der Waals surface area contributed by atoms with Gasteiger partial charge in [-0.2, -0.15) is 4.31 Å². The van der Waals surface area contributed by atoms with E-state index in [1.807, 2.05) is 12.1 Å². The van der Waals surface area contributed by atoms with E-state index in [-0.39, 0.29) is 0 Å². The van der Waals surface area contributed by atoms with Crippen molar-refractivity contribution in [2.24, 2.45) is 0 Å². The van der Waals surface area contributed by atoms with Crippen molar-refractivity contribution in [2.45, 2.75) is 37.8 Å². The van der Waals surface area contributed by atoms with E-state index in [4.69, 9.17) is 0 Å². The third-order valence-corrected chi connectivity index (χ3v) is 5.46. The third-order valence-electron chi connectivity index (χ3n) is 3.65. The van der Waals surface area contributed by atoms with Gasteiger partial charge in [0, 0.05) is 18.3 Å². The molecule has 5 nitrogen and oxygen atoms in total. The minimum Gasteiger partial charge on any atom is -0.244 e. The molecule has 0 spiro atoms. The van der Waals surface area contributed by atoms with E-state index >= 15 is 0 Å². The standard InChI is InChI=1S/C15H17N3O2S/c1-2-3-12-4-6-14(7-5-12)21(19,20)18-9-13-8-16-11-17-15(13)10-18/h4-8,11H,2-3,9-10H2,1H3. The van der Waals surface area contributed by atoms with Crippen molar-refractivity contribution in [3.63, 3.8) is 0 Å². The Morgan fingerprint density at radius 1 is 1.19 bits per heavy atom. The molecular weight excluding hydrogens is 286 g/mol. The number of fused-ring (bicyclic) bond motifs is 1. The van der Waals surface area contributed by atoms with Crippen LogP contribution in [0.15, 0.2) is 41.7 Å². The van der Waals surface area contributed by atoms with Gasteiger partial charge in [0.2, 0.25) is 10.0 Å². The molecule has 110 valence electrons. The summed E-state index contributed by atoms with van der Waals surface area (Å²) in [7, 11) is -3.47. The van der Waals surface area contributed by atoms with Gasteiger partial charge in [-0.3, -0.25) is 0 Å². The number of aromatic nitrogens is 2. The monoisotopic (exact) mass is 303 g/mol. The summed E-state index contributed by atoms with van der Waals surface area (Å²) in [5.74, 6) is 0. The first kappa shape index (κ1) is 14.2. The lowest BCUT2D eigenvalue weighted by atomic mass is 10.1. The Bertz CT molecular complexity index is 717. The van der Waals surface area contributed by atoms with Crippen molar-refractivity contribution in [1.29, 1.82) is 0 Å². The highest BCUT2D eigenvalue weighted by atomic mass is 32.2. The van der Waals surface area contributed by atoms with Crippen LogP contribution in [0.3, 0.4) is 0 Å². The van der Waals surface area contributed by atoms with Crippen LogP contribution in [0.1, 0.15) is 30.2 Å².